The molecule has 5 nitrogen and oxygen atoms in total. The van der Waals surface area contributed by atoms with E-state index in [9.17, 15) is 4.79 Å². The fourth-order valence-corrected chi connectivity index (χ4v) is 1.79. The Kier molecular flexibility index (Phi) is 4.78. The van der Waals surface area contributed by atoms with Gasteiger partial charge in [-0.3, -0.25) is 4.79 Å². The van der Waals surface area contributed by atoms with Gasteiger partial charge in [-0.2, -0.15) is 0 Å². The quantitative estimate of drug-likeness (QED) is 0.342. The molecule has 0 aliphatic heterocycles. The van der Waals surface area contributed by atoms with Crippen LogP contribution in [0.25, 0.3) is 0 Å². The molecule has 0 spiro atoms. The smallest absolute Gasteiger partial charge is 0.251 e. The van der Waals surface area contributed by atoms with E-state index in [0.29, 0.717) is 10.6 Å². The largest absolute Gasteiger partial charge is 0.409 e. The predicted molar refractivity (Wildman–Crippen MR) is 75.7 cm³/mol. The number of hydrogen-bond acceptors (Lipinski definition) is 3. The Morgan fingerprint density at radius 1 is 1.47 bits per heavy atom. The lowest BCUT2D eigenvalue weighted by atomic mass is 9.92. The van der Waals surface area contributed by atoms with E-state index in [-0.39, 0.29) is 18.3 Å². The molecule has 0 saturated heterocycles. The van der Waals surface area contributed by atoms with Gasteiger partial charge in [-0.25, -0.2) is 0 Å². The topological polar surface area (TPSA) is 87.7 Å². The number of halogens is 1. The van der Waals surface area contributed by atoms with Gasteiger partial charge in [0.1, 0.15) is 5.84 Å². The molecule has 0 atom stereocenters. The lowest BCUT2D eigenvalue weighted by molar-refractivity contribution is 0.0944. The van der Waals surface area contributed by atoms with E-state index in [4.69, 9.17) is 22.5 Å². The van der Waals surface area contributed by atoms with Crippen LogP contribution in [0.15, 0.2) is 23.4 Å². The molecule has 1 rings (SSSR count). The van der Waals surface area contributed by atoms with Gasteiger partial charge in [0, 0.05) is 22.5 Å². The van der Waals surface area contributed by atoms with Crippen molar-refractivity contribution in [2.75, 3.05) is 6.54 Å². The van der Waals surface area contributed by atoms with Crippen LogP contribution >= 0.6 is 11.6 Å². The van der Waals surface area contributed by atoms with Crippen LogP contribution in [0.4, 0.5) is 0 Å². The molecular weight excluding hydrogens is 266 g/mol. The maximum absolute atomic E-state index is 12.0. The molecule has 0 aliphatic carbocycles. The van der Waals surface area contributed by atoms with Gasteiger partial charge in [-0.1, -0.05) is 30.6 Å². The van der Waals surface area contributed by atoms with E-state index in [1.165, 1.54) is 0 Å². The summed E-state index contributed by atoms with van der Waals surface area (Å²) in [4.78, 5) is 12.0. The summed E-state index contributed by atoms with van der Waals surface area (Å²) in [5.41, 5.74) is 6.32. The Bertz CT molecular complexity index is 492. The van der Waals surface area contributed by atoms with Crippen molar-refractivity contribution in [1.29, 1.82) is 0 Å². The highest BCUT2D eigenvalue weighted by molar-refractivity contribution is 6.31. The number of benzene rings is 1. The first-order chi connectivity index (χ1) is 8.76. The molecule has 0 saturated carbocycles. The molecule has 0 heterocycles. The Labute approximate surface area is 117 Å². The molecule has 19 heavy (non-hydrogen) atoms. The Hall–Kier alpha value is -1.75. The molecule has 6 heteroatoms. The van der Waals surface area contributed by atoms with Crippen LogP contribution in [0.1, 0.15) is 29.8 Å². The average Bonchev–Trinajstić information content (AvgIpc) is 2.33. The van der Waals surface area contributed by atoms with E-state index in [1.54, 1.807) is 32.0 Å². The standard InChI is InChI=1S/C13H18ClN3O2/c1-8-4-9(6-10(14)5-8)11(18)16-7-13(2,3)12(15)17-19/h4-6,19H,7H2,1-3H3,(H2,15,17)(H,16,18). The van der Waals surface area contributed by atoms with Crippen molar-refractivity contribution < 1.29 is 10.0 Å². The summed E-state index contributed by atoms with van der Waals surface area (Å²) in [7, 11) is 0. The summed E-state index contributed by atoms with van der Waals surface area (Å²) in [6, 6.07) is 5.12. The first-order valence-electron chi connectivity index (χ1n) is 5.79. The zero-order valence-electron chi connectivity index (χ0n) is 11.2. The maximum atomic E-state index is 12.0. The van der Waals surface area contributed by atoms with Crippen LogP contribution in [-0.2, 0) is 0 Å². The third-order valence-corrected chi connectivity index (χ3v) is 3.01. The molecule has 4 N–H and O–H groups in total. The van der Waals surface area contributed by atoms with Gasteiger partial charge in [0.25, 0.3) is 5.91 Å². The number of oxime groups is 1. The fraction of sp³-hybridized carbons (Fsp3) is 0.385. The van der Waals surface area contributed by atoms with Crippen LogP contribution < -0.4 is 11.1 Å². The molecule has 0 aromatic heterocycles. The van der Waals surface area contributed by atoms with E-state index < -0.39 is 5.41 Å². The summed E-state index contributed by atoms with van der Waals surface area (Å²) in [6.45, 7) is 5.66. The second kappa shape index (κ2) is 5.93. The van der Waals surface area contributed by atoms with Crippen LogP contribution in [-0.4, -0.2) is 23.5 Å². The number of aryl methyl sites for hydroxylation is 1. The summed E-state index contributed by atoms with van der Waals surface area (Å²) >= 11 is 5.90. The van der Waals surface area contributed by atoms with Crippen LogP contribution in [0.2, 0.25) is 5.02 Å². The number of amides is 1. The summed E-state index contributed by atoms with van der Waals surface area (Å²) in [5.74, 6) is -0.181. The first kappa shape index (κ1) is 15.3. The lowest BCUT2D eigenvalue weighted by Crippen LogP contribution is -2.42. The second-order valence-corrected chi connectivity index (χ2v) is 5.51. The van der Waals surface area contributed by atoms with E-state index in [2.05, 4.69) is 10.5 Å². The minimum atomic E-state index is -0.627. The molecule has 1 aromatic carbocycles. The average molecular weight is 284 g/mol. The predicted octanol–water partition coefficient (Wildman–Crippen LogP) is 2.15. The Morgan fingerprint density at radius 3 is 2.63 bits per heavy atom. The fourth-order valence-electron chi connectivity index (χ4n) is 1.50. The minimum Gasteiger partial charge on any atom is -0.409 e. The molecule has 0 unspecified atom stereocenters. The molecular formula is C13H18ClN3O2. The summed E-state index contributed by atoms with van der Waals surface area (Å²) < 4.78 is 0. The van der Waals surface area contributed by atoms with E-state index in [1.807, 2.05) is 6.92 Å². The maximum Gasteiger partial charge on any atom is 0.251 e. The van der Waals surface area contributed by atoms with Crippen molar-refractivity contribution in [1.82, 2.24) is 5.32 Å². The van der Waals surface area contributed by atoms with Crippen molar-refractivity contribution in [3.05, 3.63) is 34.3 Å². The van der Waals surface area contributed by atoms with Gasteiger partial charge < -0.3 is 16.3 Å². The summed E-state index contributed by atoms with van der Waals surface area (Å²) in [6.07, 6.45) is 0. The molecule has 104 valence electrons. The number of hydrogen-bond donors (Lipinski definition) is 3. The zero-order valence-corrected chi connectivity index (χ0v) is 12.0. The molecule has 0 bridgehead atoms. The van der Waals surface area contributed by atoms with Gasteiger partial charge in [0.15, 0.2) is 0 Å². The number of nitrogens with zero attached hydrogens (tertiary/aromatic N) is 1. The SMILES string of the molecule is Cc1cc(Cl)cc(C(=O)NCC(C)(C)/C(N)=N/O)c1. The van der Waals surface area contributed by atoms with Crippen LogP contribution in [0.5, 0.6) is 0 Å². The number of nitrogens with two attached hydrogens (primary N) is 1. The van der Waals surface area contributed by atoms with Gasteiger partial charge in [0.05, 0.1) is 0 Å². The highest BCUT2D eigenvalue weighted by Gasteiger charge is 2.24. The number of carbonyl (C=O) groups is 1. The van der Waals surface area contributed by atoms with Crippen molar-refractivity contribution in [2.24, 2.45) is 16.3 Å². The zero-order chi connectivity index (χ0) is 14.6. The first-order valence-corrected chi connectivity index (χ1v) is 6.17. The van der Waals surface area contributed by atoms with Crippen LogP contribution in [0, 0.1) is 12.3 Å². The molecule has 0 aliphatic rings. The summed E-state index contributed by atoms with van der Waals surface area (Å²) in [5, 5.41) is 14.9. The lowest BCUT2D eigenvalue weighted by Gasteiger charge is -2.23. The number of rotatable bonds is 4. The number of nitrogens with one attached hydrogen (secondary N) is 1. The highest BCUT2D eigenvalue weighted by atomic mass is 35.5. The number of carbonyl (C=O) groups excluding carboxylic acids is 1. The van der Waals surface area contributed by atoms with Gasteiger partial charge >= 0.3 is 0 Å². The van der Waals surface area contributed by atoms with Gasteiger partial charge in [-0.05, 0) is 30.7 Å². The highest BCUT2D eigenvalue weighted by Crippen LogP contribution is 2.16. The molecule has 0 fully saturated rings. The van der Waals surface area contributed by atoms with Crippen molar-refractivity contribution in [2.45, 2.75) is 20.8 Å². The van der Waals surface area contributed by atoms with Crippen LogP contribution in [0.3, 0.4) is 0 Å². The third-order valence-electron chi connectivity index (χ3n) is 2.80. The van der Waals surface area contributed by atoms with Gasteiger partial charge in [0.2, 0.25) is 0 Å². The monoisotopic (exact) mass is 283 g/mol. The molecule has 1 amide bonds. The van der Waals surface area contributed by atoms with Crippen molar-refractivity contribution >= 4 is 23.3 Å². The van der Waals surface area contributed by atoms with Gasteiger partial charge in [-0.15, -0.1) is 0 Å². The molecule has 0 radical (unpaired) electrons. The Morgan fingerprint density at radius 2 is 2.11 bits per heavy atom. The second-order valence-electron chi connectivity index (χ2n) is 5.07. The van der Waals surface area contributed by atoms with E-state index >= 15 is 0 Å². The Balaban J connectivity index is 2.76. The number of amidine groups is 1. The normalized spacial score (nSPS) is 12.3. The third kappa shape index (κ3) is 4.13. The van der Waals surface area contributed by atoms with E-state index in [0.717, 1.165) is 5.56 Å². The minimum absolute atomic E-state index is 0.0649. The van der Waals surface area contributed by atoms with Crippen molar-refractivity contribution in [3.8, 4) is 0 Å². The molecule has 1 aromatic rings. The van der Waals surface area contributed by atoms with Crippen molar-refractivity contribution in [3.63, 3.8) is 0 Å².